The number of amides is 1. The van der Waals surface area contributed by atoms with Gasteiger partial charge in [0.2, 0.25) is 5.91 Å². The highest BCUT2D eigenvalue weighted by Crippen LogP contribution is 2.14. The molecule has 0 saturated carbocycles. The van der Waals surface area contributed by atoms with E-state index in [1.54, 1.807) is 31.2 Å². The number of nitrogens with one attached hydrogen (secondary N) is 1. The smallest absolute Gasteiger partial charge is 0.223 e. The van der Waals surface area contributed by atoms with Gasteiger partial charge in [0.1, 0.15) is 5.75 Å². The van der Waals surface area contributed by atoms with Crippen molar-refractivity contribution >= 4 is 11.6 Å². The predicted octanol–water partition coefficient (Wildman–Crippen LogP) is 0.535. The van der Waals surface area contributed by atoms with Crippen LogP contribution in [0.15, 0.2) is 24.3 Å². The Labute approximate surface area is 101 Å². The predicted molar refractivity (Wildman–Crippen MR) is 65.7 cm³/mol. The quantitative estimate of drug-likeness (QED) is 0.631. The fourth-order valence-corrected chi connectivity index (χ4v) is 1.26. The number of nitrogens with two attached hydrogens (primary N) is 1. The van der Waals surface area contributed by atoms with Crippen LogP contribution < -0.4 is 15.8 Å². The fourth-order valence-electron chi connectivity index (χ4n) is 1.26. The number of nitrogen functional groups attached to an aromatic ring is 1. The normalized spacial score (nSPS) is 11.9. The summed E-state index contributed by atoms with van der Waals surface area (Å²) in [6.07, 6.45) is 0.249. The molecule has 1 atom stereocenters. The van der Waals surface area contributed by atoms with Crippen LogP contribution in [0.5, 0.6) is 5.75 Å². The number of carbonyl (C=O) groups is 1. The zero-order valence-electron chi connectivity index (χ0n) is 9.85. The van der Waals surface area contributed by atoms with Gasteiger partial charge in [-0.2, -0.15) is 0 Å². The Morgan fingerprint density at radius 3 is 3.00 bits per heavy atom. The Kier molecular flexibility index (Phi) is 5.29. The van der Waals surface area contributed by atoms with Crippen molar-refractivity contribution in [2.45, 2.75) is 19.4 Å². The first-order valence-electron chi connectivity index (χ1n) is 5.50. The van der Waals surface area contributed by atoms with E-state index in [2.05, 4.69) is 5.32 Å². The second-order valence-electron chi connectivity index (χ2n) is 3.82. The van der Waals surface area contributed by atoms with Crippen molar-refractivity contribution in [3.8, 4) is 5.75 Å². The Balaban J connectivity index is 2.26. The summed E-state index contributed by atoms with van der Waals surface area (Å²) in [5.74, 6) is 0.503. The van der Waals surface area contributed by atoms with Gasteiger partial charge < -0.3 is 20.9 Å². The van der Waals surface area contributed by atoms with Gasteiger partial charge >= 0.3 is 0 Å². The van der Waals surface area contributed by atoms with Crippen molar-refractivity contribution in [3.05, 3.63) is 24.3 Å². The molecule has 0 radical (unpaired) electrons. The Morgan fingerprint density at radius 2 is 2.35 bits per heavy atom. The van der Waals surface area contributed by atoms with Crippen molar-refractivity contribution in [1.29, 1.82) is 0 Å². The van der Waals surface area contributed by atoms with Gasteiger partial charge in [-0.1, -0.05) is 6.07 Å². The maximum absolute atomic E-state index is 11.3. The molecule has 0 aromatic heterocycles. The fraction of sp³-hybridized carbons (Fsp3) is 0.417. The van der Waals surface area contributed by atoms with Crippen LogP contribution in [0.1, 0.15) is 13.3 Å². The minimum absolute atomic E-state index is 0.0676. The largest absolute Gasteiger partial charge is 0.493 e. The van der Waals surface area contributed by atoms with E-state index in [9.17, 15) is 4.79 Å². The molecule has 0 bridgehead atoms. The second kappa shape index (κ2) is 6.75. The van der Waals surface area contributed by atoms with E-state index in [1.807, 2.05) is 0 Å². The topological polar surface area (TPSA) is 84.6 Å². The summed E-state index contributed by atoms with van der Waals surface area (Å²) in [7, 11) is 0. The number of hydrogen-bond acceptors (Lipinski definition) is 4. The van der Waals surface area contributed by atoms with Gasteiger partial charge in [-0.3, -0.25) is 4.79 Å². The number of benzene rings is 1. The monoisotopic (exact) mass is 238 g/mol. The van der Waals surface area contributed by atoms with Crippen LogP contribution in [0.3, 0.4) is 0 Å². The third kappa shape index (κ3) is 5.21. The highest BCUT2D eigenvalue weighted by atomic mass is 16.5. The van der Waals surface area contributed by atoms with Crippen molar-refractivity contribution in [3.63, 3.8) is 0 Å². The van der Waals surface area contributed by atoms with E-state index in [-0.39, 0.29) is 31.6 Å². The molecule has 1 aromatic carbocycles. The first-order chi connectivity index (χ1) is 8.11. The number of aliphatic hydroxyl groups excluding tert-OH is 1. The third-order valence-electron chi connectivity index (χ3n) is 2.14. The molecule has 0 aliphatic carbocycles. The number of rotatable bonds is 6. The lowest BCUT2D eigenvalue weighted by atomic mass is 10.3. The average molecular weight is 238 g/mol. The van der Waals surface area contributed by atoms with Gasteiger partial charge in [0.25, 0.3) is 0 Å². The average Bonchev–Trinajstić information content (AvgIpc) is 2.29. The first kappa shape index (κ1) is 13.3. The summed E-state index contributed by atoms with van der Waals surface area (Å²) in [4.78, 5) is 11.3. The number of carbonyl (C=O) groups excluding carboxylic acids is 1. The molecule has 0 saturated heterocycles. The SMILES string of the molecule is C[C@@H](CO)NC(=O)CCOc1cccc(N)c1. The minimum Gasteiger partial charge on any atom is -0.493 e. The maximum atomic E-state index is 11.3. The van der Waals surface area contributed by atoms with E-state index >= 15 is 0 Å². The van der Waals surface area contributed by atoms with Gasteiger partial charge in [0.15, 0.2) is 0 Å². The first-order valence-corrected chi connectivity index (χ1v) is 5.50. The summed E-state index contributed by atoms with van der Waals surface area (Å²) >= 11 is 0. The van der Waals surface area contributed by atoms with E-state index < -0.39 is 0 Å². The van der Waals surface area contributed by atoms with Crippen molar-refractivity contribution in [2.24, 2.45) is 0 Å². The van der Waals surface area contributed by atoms with Crippen LogP contribution in [0.2, 0.25) is 0 Å². The molecule has 5 nitrogen and oxygen atoms in total. The van der Waals surface area contributed by atoms with Crippen molar-refractivity contribution < 1.29 is 14.6 Å². The molecule has 17 heavy (non-hydrogen) atoms. The van der Waals surface area contributed by atoms with Crippen LogP contribution in [0.4, 0.5) is 5.69 Å². The molecule has 5 heteroatoms. The van der Waals surface area contributed by atoms with E-state index in [4.69, 9.17) is 15.6 Å². The molecule has 4 N–H and O–H groups in total. The molecule has 94 valence electrons. The molecule has 0 spiro atoms. The second-order valence-corrected chi connectivity index (χ2v) is 3.82. The van der Waals surface area contributed by atoms with Crippen molar-refractivity contribution in [1.82, 2.24) is 5.32 Å². The lowest BCUT2D eigenvalue weighted by Crippen LogP contribution is -2.35. The Morgan fingerprint density at radius 1 is 1.59 bits per heavy atom. The van der Waals surface area contributed by atoms with Gasteiger partial charge in [-0.05, 0) is 19.1 Å². The number of ether oxygens (including phenoxy) is 1. The van der Waals surface area contributed by atoms with Crippen LogP contribution in [-0.4, -0.2) is 30.3 Å². The van der Waals surface area contributed by atoms with Crippen LogP contribution in [-0.2, 0) is 4.79 Å². The Bertz CT molecular complexity index is 369. The lowest BCUT2D eigenvalue weighted by Gasteiger charge is -2.11. The highest BCUT2D eigenvalue weighted by molar-refractivity contribution is 5.76. The molecule has 1 aromatic rings. The van der Waals surface area contributed by atoms with Gasteiger partial charge in [0, 0.05) is 17.8 Å². The molecule has 1 rings (SSSR count). The number of anilines is 1. The molecular weight excluding hydrogens is 220 g/mol. The zero-order chi connectivity index (χ0) is 12.7. The van der Waals surface area contributed by atoms with Gasteiger partial charge in [-0.15, -0.1) is 0 Å². The summed E-state index contributed by atoms with van der Waals surface area (Å²) in [6.45, 7) is 1.95. The molecule has 0 heterocycles. The molecule has 0 fully saturated rings. The molecular formula is C12H18N2O3. The summed E-state index contributed by atoms with van der Waals surface area (Å²) in [5, 5.41) is 11.4. The minimum atomic E-state index is -0.227. The molecule has 0 aliphatic rings. The van der Waals surface area contributed by atoms with E-state index in [1.165, 1.54) is 0 Å². The summed E-state index contributed by atoms with van der Waals surface area (Å²) < 4.78 is 5.37. The highest BCUT2D eigenvalue weighted by Gasteiger charge is 2.06. The van der Waals surface area contributed by atoms with Crippen LogP contribution in [0, 0.1) is 0 Å². The van der Waals surface area contributed by atoms with Gasteiger partial charge in [-0.25, -0.2) is 0 Å². The summed E-state index contributed by atoms with van der Waals surface area (Å²) in [5.41, 5.74) is 6.21. The standard InChI is InChI=1S/C12H18N2O3/c1-9(8-15)14-12(16)5-6-17-11-4-2-3-10(13)7-11/h2-4,7,9,15H,5-6,8,13H2,1H3,(H,14,16)/t9-/m0/s1. The van der Waals surface area contributed by atoms with E-state index in [0.717, 1.165) is 0 Å². The third-order valence-corrected chi connectivity index (χ3v) is 2.14. The Hall–Kier alpha value is -1.75. The summed E-state index contributed by atoms with van der Waals surface area (Å²) in [6, 6.07) is 6.81. The number of hydrogen-bond donors (Lipinski definition) is 3. The molecule has 0 aliphatic heterocycles. The molecule has 0 unspecified atom stereocenters. The lowest BCUT2D eigenvalue weighted by molar-refractivity contribution is -0.122. The van der Waals surface area contributed by atoms with Crippen LogP contribution in [0.25, 0.3) is 0 Å². The zero-order valence-corrected chi connectivity index (χ0v) is 9.85. The molecule has 1 amide bonds. The van der Waals surface area contributed by atoms with Crippen LogP contribution >= 0.6 is 0 Å². The van der Waals surface area contributed by atoms with E-state index in [0.29, 0.717) is 11.4 Å². The van der Waals surface area contributed by atoms with Crippen molar-refractivity contribution in [2.75, 3.05) is 18.9 Å². The number of aliphatic hydroxyl groups is 1. The maximum Gasteiger partial charge on any atom is 0.223 e. The van der Waals surface area contributed by atoms with Gasteiger partial charge in [0.05, 0.1) is 19.6 Å².